The van der Waals surface area contributed by atoms with Gasteiger partial charge in [-0.2, -0.15) is 0 Å². The third-order valence-corrected chi connectivity index (χ3v) is 9.30. The molecule has 0 unspecified atom stereocenters. The van der Waals surface area contributed by atoms with Gasteiger partial charge in [0.25, 0.3) is 0 Å². The molecule has 0 saturated carbocycles. The molecule has 2 aromatic heterocycles. The van der Waals surface area contributed by atoms with E-state index in [1.54, 1.807) is 33.4 Å². The first-order valence-corrected chi connectivity index (χ1v) is 16.1. The first-order chi connectivity index (χ1) is 21.8. The second-order valence-corrected chi connectivity index (χ2v) is 13.2. The zero-order chi connectivity index (χ0) is 34.0. The number of rotatable bonds is 11. The van der Waals surface area contributed by atoms with E-state index in [4.69, 9.17) is 18.9 Å². The topological polar surface area (TPSA) is 135 Å². The van der Waals surface area contributed by atoms with Crippen LogP contribution < -0.4 is 20.3 Å². The summed E-state index contributed by atoms with van der Waals surface area (Å²) in [6, 6.07) is 5.46. The van der Waals surface area contributed by atoms with E-state index in [0.29, 0.717) is 31.5 Å². The smallest absolute Gasteiger partial charge is 0.343 e. The number of benzene rings is 2. The van der Waals surface area contributed by atoms with Crippen LogP contribution in [0.2, 0.25) is 0 Å². The lowest BCUT2D eigenvalue weighted by molar-refractivity contribution is 0.0412. The van der Waals surface area contributed by atoms with Gasteiger partial charge in [-0.3, -0.25) is 9.59 Å². The number of fused-ring (bicyclic) bond motifs is 2. The maximum Gasteiger partial charge on any atom is 0.343 e. The van der Waals surface area contributed by atoms with Crippen LogP contribution in [0.25, 0.3) is 21.8 Å². The summed E-state index contributed by atoms with van der Waals surface area (Å²) in [4.78, 5) is 53.4. The molecule has 0 spiro atoms. The minimum absolute atomic E-state index is 0.0470. The molecule has 0 aliphatic rings. The fraction of sp³-hybridized carbons (Fsp3) is 0.394. The standard InChI is InChI=1S/C33H36Br2N2O9/c1-16(2)26(14-38)36-13-21(31(40)18-8-22(34)28(43-5)10-24(18)36)33(42)46-15-27(17(3)4)37-12-20(32(41)45-7)30(39)19-9-23(35)29(44-6)11-25(19)37/h8-13,16-17,26-27,38H,14-15H2,1-7H3/t26-,27-/m1/s1. The summed E-state index contributed by atoms with van der Waals surface area (Å²) in [7, 11) is 4.18. The Morgan fingerprint density at radius 2 is 1.17 bits per heavy atom. The predicted octanol–water partition coefficient (Wildman–Crippen LogP) is 5.89. The Morgan fingerprint density at radius 1 is 0.739 bits per heavy atom. The molecule has 0 aliphatic carbocycles. The zero-order valence-corrected chi connectivity index (χ0v) is 29.7. The number of aliphatic hydroxyl groups is 1. The number of halogens is 2. The molecule has 246 valence electrons. The van der Waals surface area contributed by atoms with Crippen molar-refractivity contribution in [1.82, 2.24) is 9.13 Å². The zero-order valence-electron chi connectivity index (χ0n) is 26.6. The number of esters is 2. The van der Waals surface area contributed by atoms with Crippen LogP contribution in [0.15, 0.2) is 55.2 Å². The first-order valence-electron chi connectivity index (χ1n) is 14.5. The molecule has 2 atom stereocenters. The monoisotopic (exact) mass is 762 g/mol. The van der Waals surface area contributed by atoms with Crippen molar-refractivity contribution in [2.45, 2.75) is 39.8 Å². The van der Waals surface area contributed by atoms with Gasteiger partial charge in [0.15, 0.2) is 0 Å². The molecule has 1 N–H and O–H groups in total. The summed E-state index contributed by atoms with van der Waals surface area (Å²) in [5.74, 6) is -0.953. The van der Waals surface area contributed by atoms with Crippen LogP contribution in [0.5, 0.6) is 11.5 Å². The molecule has 4 aromatic rings. The van der Waals surface area contributed by atoms with Gasteiger partial charge in [0.1, 0.15) is 29.2 Å². The number of hydrogen-bond acceptors (Lipinski definition) is 9. The molecule has 0 bridgehead atoms. The molecule has 46 heavy (non-hydrogen) atoms. The summed E-state index contributed by atoms with van der Waals surface area (Å²) in [6.45, 7) is 7.22. The molecule has 2 heterocycles. The predicted molar refractivity (Wildman–Crippen MR) is 181 cm³/mol. The number of aliphatic hydroxyl groups excluding tert-OH is 1. The van der Waals surface area contributed by atoms with Crippen molar-refractivity contribution in [2.24, 2.45) is 11.8 Å². The van der Waals surface area contributed by atoms with Crippen molar-refractivity contribution in [3.63, 3.8) is 0 Å². The molecule has 0 aliphatic heterocycles. The minimum atomic E-state index is -0.863. The largest absolute Gasteiger partial charge is 0.495 e. The third-order valence-electron chi connectivity index (χ3n) is 8.06. The van der Waals surface area contributed by atoms with E-state index in [2.05, 4.69) is 31.9 Å². The van der Waals surface area contributed by atoms with E-state index in [1.165, 1.54) is 33.7 Å². The number of methoxy groups -OCH3 is 3. The summed E-state index contributed by atoms with van der Waals surface area (Å²) < 4.78 is 26.0. The number of aromatic nitrogens is 2. The van der Waals surface area contributed by atoms with Crippen molar-refractivity contribution in [3.05, 3.63) is 77.2 Å². The van der Waals surface area contributed by atoms with Gasteiger partial charge in [-0.25, -0.2) is 9.59 Å². The number of ether oxygens (including phenoxy) is 4. The Hall–Kier alpha value is -3.68. The maximum absolute atomic E-state index is 13.7. The van der Waals surface area contributed by atoms with Crippen molar-refractivity contribution >= 4 is 65.6 Å². The van der Waals surface area contributed by atoms with E-state index in [9.17, 15) is 24.3 Å². The van der Waals surface area contributed by atoms with E-state index in [-0.39, 0.29) is 46.9 Å². The molecule has 13 heteroatoms. The molecular weight excluding hydrogens is 728 g/mol. The molecule has 11 nitrogen and oxygen atoms in total. The van der Waals surface area contributed by atoms with Crippen LogP contribution >= 0.6 is 31.9 Å². The Morgan fingerprint density at radius 3 is 1.57 bits per heavy atom. The Bertz CT molecular complexity index is 1930. The number of carbonyl (C=O) groups is 2. The van der Waals surface area contributed by atoms with Crippen LogP contribution in [0.1, 0.15) is 60.5 Å². The van der Waals surface area contributed by atoms with Gasteiger partial charge >= 0.3 is 11.9 Å². The number of hydrogen-bond donors (Lipinski definition) is 1. The Balaban J connectivity index is 1.85. The van der Waals surface area contributed by atoms with Gasteiger partial charge in [-0.15, -0.1) is 0 Å². The van der Waals surface area contributed by atoms with Crippen LogP contribution in [0, 0.1) is 11.8 Å². The van der Waals surface area contributed by atoms with E-state index >= 15 is 0 Å². The van der Waals surface area contributed by atoms with Crippen LogP contribution in [0.4, 0.5) is 0 Å². The SMILES string of the molecule is COC(=O)c1cn([C@H](COC(=O)c2cn([C@H](CO)C(C)C)c3cc(OC)c(Br)cc3c2=O)C(C)C)c2cc(OC)c(Br)cc2c1=O. The minimum Gasteiger partial charge on any atom is -0.495 e. The summed E-state index contributed by atoms with van der Waals surface area (Å²) in [5, 5.41) is 10.7. The number of carbonyl (C=O) groups excluding carboxylic acids is 2. The van der Waals surface area contributed by atoms with Crippen LogP contribution in [-0.2, 0) is 9.47 Å². The molecular formula is C33H36Br2N2O9. The fourth-order valence-electron chi connectivity index (χ4n) is 5.42. The third kappa shape index (κ3) is 6.58. The Labute approximate surface area is 282 Å². The summed E-state index contributed by atoms with van der Waals surface area (Å²) in [5.41, 5.74) is -0.531. The van der Waals surface area contributed by atoms with Crippen molar-refractivity contribution in [2.75, 3.05) is 34.5 Å². The second-order valence-electron chi connectivity index (χ2n) is 11.5. The molecule has 0 saturated heterocycles. The molecule has 4 rings (SSSR count). The van der Waals surface area contributed by atoms with E-state index in [1.807, 2.05) is 27.7 Å². The fourth-order valence-corrected chi connectivity index (χ4v) is 6.43. The van der Waals surface area contributed by atoms with Crippen molar-refractivity contribution in [3.8, 4) is 11.5 Å². The van der Waals surface area contributed by atoms with Gasteiger partial charge in [-0.1, -0.05) is 27.7 Å². The molecule has 0 amide bonds. The Kier molecular flexibility index (Phi) is 11.0. The second kappa shape index (κ2) is 14.4. The van der Waals surface area contributed by atoms with Crippen LogP contribution in [0.3, 0.4) is 0 Å². The average Bonchev–Trinajstić information content (AvgIpc) is 3.02. The molecule has 0 radical (unpaired) electrons. The van der Waals surface area contributed by atoms with E-state index < -0.39 is 34.9 Å². The highest BCUT2D eigenvalue weighted by molar-refractivity contribution is 9.11. The molecule has 2 aromatic carbocycles. The van der Waals surface area contributed by atoms with Gasteiger partial charge in [0, 0.05) is 35.3 Å². The summed E-state index contributed by atoms with van der Waals surface area (Å²) in [6.07, 6.45) is 2.81. The van der Waals surface area contributed by atoms with E-state index in [0.717, 1.165) is 0 Å². The summed E-state index contributed by atoms with van der Waals surface area (Å²) >= 11 is 6.83. The first kappa shape index (κ1) is 35.2. The lowest BCUT2D eigenvalue weighted by Crippen LogP contribution is -2.29. The lowest BCUT2D eigenvalue weighted by atomic mass is 10.0. The van der Waals surface area contributed by atoms with Gasteiger partial charge in [0.05, 0.1) is 60.0 Å². The van der Waals surface area contributed by atoms with Gasteiger partial charge in [0.2, 0.25) is 10.9 Å². The van der Waals surface area contributed by atoms with Crippen molar-refractivity contribution in [1.29, 1.82) is 0 Å². The highest BCUT2D eigenvalue weighted by Crippen LogP contribution is 2.34. The molecule has 0 fully saturated rings. The van der Waals surface area contributed by atoms with Crippen molar-refractivity contribution < 1.29 is 33.6 Å². The highest BCUT2D eigenvalue weighted by atomic mass is 79.9. The average molecular weight is 764 g/mol. The van der Waals surface area contributed by atoms with Crippen LogP contribution in [-0.4, -0.2) is 60.7 Å². The normalized spacial score (nSPS) is 12.9. The quantitative estimate of drug-likeness (QED) is 0.186. The van der Waals surface area contributed by atoms with Gasteiger partial charge < -0.3 is 33.2 Å². The number of nitrogens with zero attached hydrogens (tertiary/aromatic N) is 2. The van der Waals surface area contributed by atoms with Gasteiger partial charge in [-0.05, 0) is 55.8 Å². The number of pyridine rings is 2. The lowest BCUT2D eigenvalue weighted by Gasteiger charge is -2.27. The highest BCUT2D eigenvalue weighted by Gasteiger charge is 2.27. The maximum atomic E-state index is 13.7.